The molecule has 2 aromatic carbocycles. The zero-order valence-electron chi connectivity index (χ0n) is 12.5. The number of nitrogens with one attached hydrogen (secondary N) is 1. The molecular formula is C18H14N4O. The Balaban J connectivity index is 2.02. The number of benzene rings is 2. The Morgan fingerprint density at radius 2 is 1.96 bits per heavy atom. The van der Waals surface area contributed by atoms with Crippen LogP contribution in [-0.4, -0.2) is 15.7 Å². The monoisotopic (exact) mass is 302 g/mol. The minimum absolute atomic E-state index is 0.0593. The van der Waals surface area contributed by atoms with Gasteiger partial charge in [0.1, 0.15) is 11.9 Å². The number of hydrogen-bond donors (Lipinski definition) is 1. The number of imidazole rings is 1. The topological polar surface area (TPSA) is 62.9 Å². The molecule has 5 heteroatoms. The Kier molecular flexibility index (Phi) is 3.02. The Morgan fingerprint density at radius 3 is 2.83 bits per heavy atom. The van der Waals surface area contributed by atoms with Crippen LogP contribution in [-0.2, 0) is 0 Å². The minimum atomic E-state index is -0.0593. The van der Waals surface area contributed by atoms with Crippen LogP contribution in [0.4, 0.5) is 5.95 Å². The van der Waals surface area contributed by atoms with Crippen molar-refractivity contribution in [2.75, 3.05) is 5.32 Å². The summed E-state index contributed by atoms with van der Waals surface area (Å²) in [5.41, 5.74) is 3.73. The van der Waals surface area contributed by atoms with Gasteiger partial charge in [-0.2, -0.15) is 5.26 Å². The number of para-hydroxylation sites is 3. The zero-order valence-corrected chi connectivity index (χ0v) is 12.5. The van der Waals surface area contributed by atoms with Crippen LogP contribution in [0.5, 0.6) is 5.75 Å². The van der Waals surface area contributed by atoms with Gasteiger partial charge in [0.25, 0.3) is 0 Å². The fourth-order valence-corrected chi connectivity index (χ4v) is 2.93. The van der Waals surface area contributed by atoms with Gasteiger partial charge >= 0.3 is 0 Å². The third kappa shape index (κ3) is 2.12. The number of nitriles is 1. The van der Waals surface area contributed by atoms with Crippen LogP contribution in [0.3, 0.4) is 0 Å². The minimum Gasteiger partial charge on any atom is -0.486 e. The van der Waals surface area contributed by atoms with Crippen molar-refractivity contribution in [2.24, 2.45) is 0 Å². The summed E-state index contributed by atoms with van der Waals surface area (Å²) in [5, 5.41) is 11.7. The molecule has 1 aliphatic heterocycles. The largest absolute Gasteiger partial charge is 0.486 e. The molecule has 2 heterocycles. The first-order chi connectivity index (χ1) is 11.3. The standard InChI is InChI=1S/C18H14N4O/c1-12-10-16(13-6-2-5-9-17(13)23-12)22-15-8-4-3-7-14(15)21-18(22)20-11-19/h2-10,12H,1H3,(H,20,21). The highest BCUT2D eigenvalue weighted by Gasteiger charge is 2.22. The molecule has 1 atom stereocenters. The van der Waals surface area contributed by atoms with E-state index < -0.39 is 0 Å². The van der Waals surface area contributed by atoms with E-state index in [1.54, 1.807) is 0 Å². The first-order valence-corrected chi connectivity index (χ1v) is 7.39. The Bertz CT molecular complexity index is 965. The lowest BCUT2D eigenvalue weighted by Crippen LogP contribution is -2.18. The number of nitrogens with zero attached hydrogens (tertiary/aromatic N) is 3. The number of fused-ring (bicyclic) bond motifs is 2. The van der Waals surface area contributed by atoms with E-state index in [2.05, 4.69) is 10.3 Å². The van der Waals surface area contributed by atoms with Crippen molar-refractivity contribution in [3.63, 3.8) is 0 Å². The molecule has 112 valence electrons. The first kappa shape index (κ1) is 13.4. The molecule has 0 bridgehead atoms. The molecule has 0 spiro atoms. The van der Waals surface area contributed by atoms with Crippen molar-refractivity contribution in [2.45, 2.75) is 13.0 Å². The van der Waals surface area contributed by atoms with Gasteiger partial charge in [0.2, 0.25) is 5.95 Å². The highest BCUT2D eigenvalue weighted by molar-refractivity contribution is 5.88. The number of anilines is 1. The predicted octanol–water partition coefficient (Wildman–Crippen LogP) is 3.60. The molecule has 3 aromatic rings. The van der Waals surface area contributed by atoms with Crippen molar-refractivity contribution in [3.05, 3.63) is 60.2 Å². The summed E-state index contributed by atoms with van der Waals surface area (Å²) in [6, 6.07) is 15.7. The van der Waals surface area contributed by atoms with E-state index in [-0.39, 0.29) is 6.10 Å². The molecule has 4 rings (SSSR count). The van der Waals surface area contributed by atoms with Gasteiger partial charge in [-0.15, -0.1) is 0 Å². The van der Waals surface area contributed by atoms with Gasteiger partial charge in [-0.25, -0.2) is 4.98 Å². The van der Waals surface area contributed by atoms with Gasteiger partial charge < -0.3 is 4.74 Å². The second-order valence-electron chi connectivity index (χ2n) is 5.37. The fraction of sp³-hybridized carbons (Fsp3) is 0.111. The van der Waals surface area contributed by atoms with Crippen molar-refractivity contribution < 1.29 is 4.74 Å². The molecule has 1 unspecified atom stereocenters. The molecule has 23 heavy (non-hydrogen) atoms. The van der Waals surface area contributed by atoms with E-state index >= 15 is 0 Å². The summed E-state index contributed by atoms with van der Waals surface area (Å²) < 4.78 is 7.85. The normalized spacial score (nSPS) is 16.2. The summed E-state index contributed by atoms with van der Waals surface area (Å²) in [6.45, 7) is 1.99. The first-order valence-electron chi connectivity index (χ1n) is 7.39. The van der Waals surface area contributed by atoms with Gasteiger partial charge in [-0.3, -0.25) is 9.88 Å². The van der Waals surface area contributed by atoms with E-state index in [1.807, 2.05) is 72.3 Å². The summed E-state index contributed by atoms with van der Waals surface area (Å²) in [4.78, 5) is 4.52. The van der Waals surface area contributed by atoms with E-state index in [4.69, 9.17) is 10.00 Å². The summed E-state index contributed by atoms with van der Waals surface area (Å²) in [7, 11) is 0. The molecule has 1 aliphatic rings. The molecule has 0 aliphatic carbocycles. The Morgan fingerprint density at radius 1 is 1.17 bits per heavy atom. The van der Waals surface area contributed by atoms with Gasteiger partial charge in [0.05, 0.1) is 16.7 Å². The van der Waals surface area contributed by atoms with Crippen LogP contribution >= 0.6 is 0 Å². The molecule has 0 saturated carbocycles. The molecule has 5 nitrogen and oxygen atoms in total. The third-order valence-electron chi connectivity index (χ3n) is 3.84. The summed E-state index contributed by atoms with van der Waals surface area (Å²) in [6.07, 6.45) is 3.95. The van der Waals surface area contributed by atoms with Gasteiger partial charge in [-0.1, -0.05) is 24.3 Å². The fourth-order valence-electron chi connectivity index (χ4n) is 2.93. The second kappa shape index (κ2) is 5.18. The number of rotatable bonds is 2. The van der Waals surface area contributed by atoms with E-state index in [0.717, 1.165) is 28.0 Å². The second-order valence-corrected chi connectivity index (χ2v) is 5.37. The molecule has 1 aromatic heterocycles. The van der Waals surface area contributed by atoms with Crippen molar-refractivity contribution in [3.8, 4) is 11.9 Å². The summed E-state index contributed by atoms with van der Waals surface area (Å²) in [5.74, 6) is 1.34. The maximum absolute atomic E-state index is 9.06. The maximum Gasteiger partial charge on any atom is 0.222 e. The van der Waals surface area contributed by atoms with Crippen LogP contribution < -0.4 is 10.1 Å². The third-order valence-corrected chi connectivity index (χ3v) is 3.84. The van der Waals surface area contributed by atoms with Gasteiger partial charge in [0.15, 0.2) is 6.19 Å². The van der Waals surface area contributed by atoms with Crippen LogP contribution in [0.15, 0.2) is 54.6 Å². The van der Waals surface area contributed by atoms with Crippen LogP contribution in [0.1, 0.15) is 12.5 Å². The molecule has 0 radical (unpaired) electrons. The van der Waals surface area contributed by atoms with Gasteiger partial charge in [-0.05, 0) is 37.3 Å². The average molecular weight is 302 g/mol. The highest BCUT2D eigenvalue weighted by atomic mass is 16.5. The van der Waals surface area contributed by atoms with Crippen LogP contribution in [0, 0.1) is 11.5 Å². The van der Waals surface area contributed by atoms with E-state index in [9.17, 15) is 0 Å². The lowest BCUT2D eigenvalue weighted by atomic mass is 10.1. The Labute approximate surface area is 133 Å². The van der Waals surface area contributed by atoms with E-state index in [1.165, 1.54) is 0 Å². The lowest BCUT2D eigenvalue weighted by molar-refractivity contribution is 0.264. The van der Waals surface area contributed by atoms with Crippen LogP contribution in [0.25, 0.3) is 16.7 Å². The van der Waals surface area contributed by atoms with Crippen LogP contribution in [0.2, 0.25) is 0 Å². The van der Waals surface area contributed by atoms with Crippen molar-refractivity contribution in [1.82, 2.24) is 9.55 Å². The smallest absolute Gasteiger partial charge is 0.222 e. The molecule has 0 fully saturated rings. The molecule has 0 amide bonds. The predicted molar refractivity (Wildman–Crippen MR) is 88.9 cm³/mol. The van der Waals surface area contributed by atoms with E-state index in [0.29, 0.717) is 5.95 Å². The molecule has 0 saturated heterocycles. The average Bonchev–Trinajstić information content (AvgIpc) is 2.92. The number of hydrogen-bond acceptors (Lipinski definition) is 4. The molecule has 1 N–H and O–H groups in total. The van der Waals surface area contributed by atoms with Crippen molar-refractivity contribution in [1.29, 1.82) is 5.26 Å². The quantitative estimate of drug-likeness (QED) is 0.580. The lowest BCUT2D eigenvalue weighted by Gasteiger charge is -2.24. The maximum atomic E-state index is 9.06. The highest BCUT2D eigenvalue weighted by Crippen LogP contribution is 2.36. The molecular weight excluding hydrogens is 288 g/mol. The number of ether oxygens (including phenoxy) is 1. The number of aromatic nitrogens is 2. The Hall–Kier alpha value is -3.26. The van der Waals surface area contributed by atoms with Crippen molar-refractivity contribution >= 4 is 22.7 Å². The zero-order chi connectivity index (χ0) is 15.8. The van der Waals surface area contributed by atoms with Gasteiger partial charge in [0, 0.05) is 5.56 Å². The SMILES string of the molecule is CC1C=C(n2c(NC#N)nc3ccccc32)c2ccccc2O1. The summed E-state index contributed by atoms with van der Waals surface area (Å²) >= 11 is 0.